The van der Waals surface area contributed by atoms with Crippen molar-refractivity contribution in [1.29, 1.82) is 0 Å². The van der Waals surface area contributed by atoms with Crippen LogP contribution < -0.4 is 5.32 Å². The number of imidazole rings is 1. The van der Waals surface area contributed by atoms with Gasteiger partial charge >= 0.3 is 5.97 Å². The highest BCUT2D eigenvalue weighted by Crippen LogP contribution is 2.15. The van der Waals surface area contributed by atoms with Gasteiger partial charge in [-0.1, -0.05) is 24.3 Å². The molecule has 25 heavy (non-hydrogen) atoms. The minimum absolute atomic E-state index is 0.0417. The van der Waals surface area contributed by atoms with Crippen molar-refractivity contribution >= 4 is 28.6 Å². The maximum absolute atomic E-state index is 13.5. The number of hydrogen-bond acceptors (Lipinski definition) is 4. The Bertz CT molecular complexity index is 936. The Balaban J connectivity index is 1.58. The Labute approximate surface area is 143 Å². The van der Waals surface area contributed by atoms with Crippen LogP contribution in [-0.4, -0.2) is 28.0 Å². The fraction of sp³-hybridized carbons (Fsp3) is 0.167. The number of halogens is 1. The minimum Gasteiger partial charge on any atom is -0.454 e. The normalized spacial score (nSPS) is 10.6. The first-order valence-electron chi connectivity index (χ1n) is 7.66. The molecule has 6 nitrogen and oxygen atoms in total. The Hall–Kier alpha value is -3.22. The van der Waals surface area contributed by atoms with E-state index in [9.17, 15) is 14.0 Å². The average molecular weight is 341 g/mol. The number of carbonyl (C=O) groups is 2. The lowest BCUT2D eigenvalue weighted by Crippen LogP contribution is -2.23. The number of carbonyl (C=O) groups excluding carboxylic acids is 2. The number of hydrogen-bond donors (Lipinski definition) is 1. The van der Waals surface area contributed by atoms with Crippen LogP contribution in [0.4, 0.5) is 10.1 Å². The van der Waals surface area contributed by atoms with Crippen LogP contribution in [0.25, 0.3) is 11.0 Å². The quantitative estimate of drug-likeness (QED) is 0.724. The van der Waals surface area contributed by atoms with Crippen molar-refractivity contribution in [3.05, 3.63) is 60.2 Å². The molecule has 7 heteroatoms. The summed E-state index contributed by atoms with van der Waals surface area (Å²) in [5.74, 6) is -1.06. The van der Waals surface area contributed by atoms with E-state index < -0.39 is 24.3 Å². The summed E-state index contributed by atoms with van der Waals surface area (Å²) >= 11 is 0. The topological polar surface area (TPSA) is 73.2 Å². The zero-order valence-electron chi connectivity index (χ0n) is 13.5. The summed E-state index contributed by atoms with van der Waals surface area (Å²) in [4.78, 5) is 28.1. The van der Waals surface area contributed by atoms with Gasteiger partial charge in [0.15, 0.2) is 6.61 Å². The van der Waals surface area contributed by atoms with Gasteiger partial charge in [-0.05, 0) is 31.2 Å². The van der Waals surface area contributed by atoms with Crippen molar-refractivity contribution in [1.82, 2.24) is 9.55 Å². The molecule has 0 spiro atoms. The van der Waals surface area contributed by atoms with Crippen LogP contribution >= 0.6 is 0 Å². The number of aromatic nitrogens is 2. The van der Waals surface area contributed by atoms with Crippen LogP contribution in [0, 0.1) is 12.7 Å². The lowest BCUT2D eigenvalue weighted by atomic mass is 10.3. The fourth-order valence-electron chi connectivity index (χ4n) is 2.47. The predicted octanol–water partition coefficient (Wildman–Crippen LogP) is 2.67. The molecule has 0 atom stereocenters. The first kappa shape index (κ1) is 16.6. The Kier molecular flexibility index (Phi) is 4.74. The molecule has 3 aromatic rings. The van der Waals surface area contributed by atoms with E-state index in [1.807, 2.05) is 24.3 Å². The number of para-hydroxylation sites is 3. The third kappa shape index (κ3) is 3.82. The van der Waals surface area contributed by atoms with Gasteiger partial charge in [-0.25, -0.2) is 9.37 Å². The highest BCUT2D eigenvalue weighted by Gasteiger charge is 2.13. The van der Waals surface area contributed by atoms with E-state index in [-0.39, 0.29) is 12.2 Å². The van der Waals surface area contributed by atoms with Gasteiger partial charge < -0.3 is 14.6 Å². The van der Waals surface area contributed by atoms with Crippen molar-refractivity contribution in [2.45, 2.75) is 13.5 Å². The zero-order chi connectivity index (χ0) is 17.8. The maximum atomic E-state index is 13.5. The lowest BCUT2D eigenvalue weighted by molar-refractivity contribution is -0.147. The zero-order valence-corrected chi connectivity index (χ0v) is 13.5. The van der Waals surface area contributed by atoms with Crippen LogP contribution in [0.15, 0.2) is 48.5 Å². The number of aryl methyl sites for hydroxylation is 1. The molecule has 0 radical (unpaired) electrons. The van der Waals surface area contributed by atoms with Gasteiger partial charge in [0.2, 0.25) is 0 Å². The van der Waals surface area contributed by atoms with Crippen molar-refractivity contribution in [3.8, 4) is 0 Å². The molecular formula is C18H16FN3O3. The van der Waals surface area contributed by atoms with Crippen LogP contribution in [0.5, 0.6) is 0 Å². The number of fused-ring (bicyclic) bond motifs is 1. The van der Waals surface area contributed by atoms with E-state index in [0.29, 0.717) is 5.82 Å². The fourth-order valence-corrected chi connectivity index (χ4v) is 2.47. The second-order valence-corrected chi connectivity index (χ2v) is 5.42. The molecule has 1 N–H and O–H groups in total. The summed E-state index contributed by atoms with van der Waals surface area (Å²) in [5, 5.41) is 2.36. The second kappa shape index (κ2) is 7.12. The first-order chi connectivity index (χ1) is 12.0. The molecule has 2 aromatic carbocycles. The summed E-state index contributed by atoms with van der Waals surface area (Å²) in [6.07, 6.45) is 0. The number of anilines is 1. The molecule has 0 bridgehead atoms. The van der Waals surface area contributed by atoms with Crippen LogP contribution in [0.2, 0.25) is 0 Å². The van der Waals surface area contributed by atoms with E-state index >= 15 is 0 Å². The maximum Gasteiger partial charge on any atom is 0.326 e. The van der Waals surface area contributed by atoms with Gasteiger partial charge in [0.25, 0.3) is 5.91 Å². The molecule has 3 rings (SSSR count). The summed E-state index contributed by atoms with van der Waals surface area (Å²) in [6, 6.07) is 13.2. The standard InChI is InChI=1S/C18H16FN3O3/c1-12-20-15-8-4-5-9-16(15)22(12)10-18(24)25-11-17(23)21-14-7-3-2-6-13(14)19/h2-9H,10-11H2,1H3,(H,21,23). The monoisotopic (exact) mass is 341 g/mol. The molecule has 0 aliphatic rings. The number of esters is 1. The molecule has 1 aromatic heterocycles. The van der Waals surface area contributed by atoms with Gasteiger partial charge in [-0.2, -0.15) is 0 Å². The Morgan fingerprint density at radius 3 is 2.68 bits per heavy atom. The highest BCUT2D eigenvalue weighted by atomic mass is 19.1. The Morgan fingerprint density at radius 1 is 1.16 bits per heavy atom. The molecule has 0 aliphatic heterocycles. The van der Waals surface area contributed by atoms with E-state index in [2.05, 4.69) is 10.3 Å². The summed E-state index contributed by atoms with van der Waals surface area (Å²) in [5.41, 5.74) is 1.64. The van der Waals surface area contributed by atoms with Crippen molar-refractivity contribution in [2.24, 2.45) is 0 Å². The molecule has 0 unspecified atom stereocenters. The first-order valence-corrected chi connectivity index (χ1v) is 7.66. The highest BCUT2D eigenvalue weighted by molar-refractivity contribution is 5.93. The van der Waals surface area contributed by atoms with Gasteiger partial charge in [-0.15, -0.1) is 0 Å². The number of ether oxygens (including phenoxy) is 1. The smallest absolute Gasteiger partial charge is 0.326 e. The number of amides is 1. The van der Waals surface area contributed by atoms with Crippen molar-refractivity contribution < 1.29 is 18.7 Å². The lowest BCUT2D eigenvalue weighted by Gasteiger charge is -2.09. The van der Waals surface area contributed by atoms with E-state index in [4.69, 9.17) is 4.74 Å². The van der Waals surface area contributed by atoms with Crippen molar-refractivity contribution in [2.75, 3.05) is 11.9 Å². The summed E-state index contributed by atoms with van der Waals surface area (Å²) in [7, 11) is 0. The number of benzene rings is 2. The predicted molar refractivity (Wildman–Crippen MR) is 90.5 cm³/mol. The van der Waals surface area contributed by atoms with Crippen LogP contribution in [-0.2, 0) is 20.9 Å². The molecule has 1 amide bonds. The third-order valence-corrected chi connectivity index (χ3v) is 3.64. The molecule has 0 fully saturated rings. The van der Waals surface area contributed by atoms with E-state index in [1.165, 1.54) is 18.2 Å². The van der Waals surface area contributed by atoms with Gasteiger partial charge in [0.1, 0.15) is 18.2 Å². The third-order valence-electron chi connectivity index (χ3n) is 3.64. The largest absolute Gasteiger partial charge is 0.454 e. The molecule has 0 saturated heterocycles. The number of nitrogens with zero attached hydrogens (tertiary/aromatic N) is 2. The minimum atomic E-state index is -0.606. The van der Waals surface area contributed by atoms with E-state index in [1.54, 1.807) is 17.6 Å². The summed E-state index contributed by atoms with van der Waals surface area (Å²) < 4.78 is 20.1. The number of nitrogens with one attached hydrogen (secondary N) is 1. The SMILES string of the molecule is Cc1nc2ccccc2n1CC(=O)OCC(=O)Nc1ccccc1F. The molecular weight excluding hydrogens is 325 g/mol. The van der Waals surface area contributed by atoms with Gasteiger partial charge in [0, 0.05) is 0 Å². The van der Waals surface area contributed by atoms with Crippen molar-refractivity contribution in [3.63, 3.8) is 0 Å². The van der Waals surface area contributed by atoms with E-state index in [0.717, 1.165) is 11.0 Å². The van der Waals surface area contributed by atoms with Gasteiger partial charge in [0.05, 0.1) is 16.7 Å². The summed E-state index contributed by atoms with van der Waals surface area (Å²) in [6.45, 7) is 1.25. The molecule has 0 saturated carbocycles. The van der Waals surface area contributed by atoms with Crippen LogP contribution in [0.1, 0.15) is 5.82 Å². The second-order valence-electron chi connectivity index (χ2n) is 5.42. The molecule has 128 valence electrons. The Morgan fingerprint density at radius 2 is 1.88 bits per heavy atom. The van der Waals surface area contributed by atoms with Crippen LogP contribution in [0.3, 0.4) is 0 Å². The van der Waals surface area contributed by atoms with Gasteiger partial charge in [-0.3, -0.25) is 9.59 Å². The molecule has 0 aliphatic carbocycles. The average Bonchev–Trinajstić information content (AvgIpc) is 2.91. The number of rotatable bonds is 5. The molecule has 1 heterocycles.